The van der Waals surface area contributed by atoms with Crippen molar-refractivity contribution in [1.82, 2.24) is 5.32 Å². The molecule has 1 N–H and O–H groups in total. The third-order valence-corrected chi connectivity index (χ3v) is 2.47. The highest BCUT2D eigenvalue weighted by molar-refractivity contribution is 5.78. The van der Waals surface area contributed by atoms with Gasteiger partial charge in [0.1, 0.15) is 0 Å². The Morgan fingerprint density at radius 3 is 2.31 bits per heavy atom. The lowest BCUT2D eigenvalue weighted by atomic mass is 10.0. The molecule has 0 bridgehead atoms. The predicted molar refractivity (Wildman–Crippen MR) is 62.1 cm³/mol. The molecule has 4 nitrogen and oxygen atoms in total. The van der Waals surface area contributed by atoms with Gasteiger partial charge in [-0.15, -0.1) is 0 Å². The Hall–Kier alpha value is -1.71. The van der Waals surface area contributed by atoms with E-state index in [4.69, 9.17) is 9.47 Å². The number of rotatable bonds is 4. The summed E-state index contributed by atoms with van der Waals surface area (Å²) in [4.78, 5) is 11.3. The van der Waals surface area contributed by atoms with E-state index in [1.807, 2.05) is 19.1 Å². The van der Waals surface area contributed by atoms with Gasteiger partial charge in [0, 0.05) is 7.05 Å². The number of hydrogen-bond acceptors (Lipinski definition) is 3. The average Bonchev–Trinajstić information content (AvgIpc) is 2.30. The van der Waals surface area contributed by atoms with Gasteiger partial charge in [0.2, 0.25) is 5.91 Å². The second-order valence-electron chi connectivity index (χ2n) is 3.48. The van der Waals surface area contributed by atoms with Crippen molar-refractivity contribution in [2.24, 2.45) is 0 Å². The van der Waals surface area contributed by atoms with Crippen molar-refractivity contribution in [2.45, 2.75) is 13.3 Å². The zero-order valence-corrected chi connectivity index (χ0v) is 10.1. The number of carbonyl (C=O) groups excluding carboxylic acids is 1. The maximum Gasteiger partial charge on any atom is 0.224 e. The molecule has 0 saturated heterocycles. The van der Waals surface area contributed by atoms with E-state index in [2.05, 4.69) is 5.32 Å². The summed E-state index contributed by atoms with van der Waals surface area (Å²) in [5, 5.41) is 2.60. The van der Waals surface area contributed by atoms with Gasteiger partial charge in [0.15, 0.2) is 11.5 Å². The topological polar surface area (TPSA) is 47.6 Å². The van der Waals surface area contributed by atoms with E-state index in [-0.39, 0.29) is 5.91 Å². The van der Waals surface area contributed by atoms with Crippen LogP contribution in [0.1, 0.15) is 11.1 Å². The first-order valence-electron chi connectivity index (χ1n) is 5.04. The number of nitrogens with one attached hydrogen (secondary N) is 1. The van der Waals surface area contributed by atoms with Gasteiger partial charge in [0.25, 0.3) is 0 Å². The van der Waals surface area contributed by atoms with Gasteiger partial charge >= 0.3 is 0 Å². The van der Waals surface area contributed by atoms with Crippen molar-refractivity contribution in [3.05, 3.63) is 23.3 Å². The quantitative estimate of drug-likeness (QED) is 0.837. The second-order valence-corrected chi connectivity index (χ2v) is 3.48. The van der Waals surface area contributed by atoms with Gasteiger partial charge in [-0.05, 0) is 30.2 Å². The van der Waals surface area contributed by atoms with Crippen LogP contribution in [0.25, 0.3) is 0 Å². The van der Waals surface area contributed by atoms with Gasteiger partial charge in [-0.2, -0.15) is 0 Å². The normalized spacial score (nSPS) is 9.75. The summed E-state index contributed by atoms with van der Waals surface area (Å²) in [7, 11) is 4.80. The van der Waals surface area contributed by atoms with Gasteiger partial charge in [-0.3, -0.25) is 4.79 Å². The molecule has 1 rings (SSSR count). The van der Waals surface area contributed by atoms with Crippen molar-refractivity contribution >= 4 is 5.91 Å². The van der Waals surface area contributed by atoms with Crippen LogP contribution in [0.2, 0.25) is 0 Å². The van der Waals surface area contributed by atoms with Crippen LogP contribution in [0.4, 0.5) is 0 Å². The maximum absolute atomic E-state index is 11.3. The molecule has 1 amide bonds. The first kappa shape index (κ1) is 12.4. The number of ether oxygens (including phenoxy) is 2. The fraction of sp³-hybridized carbons (Fsp3) is 0.417. The molecule has 0 atom stereocenters. The minimum atomic E-state index is -0.0182. The van der Waals surface area contributed by atoms with E-state index in [1.165, 1.54) is 0 Å². The average molecular weight is 223 g/mol. The van der Waals surface area contributed by atoms with Crippen LogP contribution in [0.3, 0.4) is 0 Å². The summed E-state index contributed by atoms with van der Waals surface area (Å²) < 4.78 is 10.4. The van der Waals surface area contributed by atoms with Crippen molar-refractivity contribution in [3.63, 3.8) is 0 Å². The smallest absolute Gasteiger partial charge is 0.224 e. The molecule has 0 aromatic heterocycles. The third-order valence-electron chi connectivity index (χ3n) is 2.47. The minimum absolute atomic E-state index is 0.0182. The van der Waals surface area contributed by atoms with Gasteiger partial charge in [-0.1, -0.05) is 0 Å². The Morgan fingerprint density at radius 2 is 1.81 bits per heavy atom. The number of likely N-dealkylation sites (N-methyl/N-ethyl adjacent to an activating group) is 1. The molecule has 1 aromatic carbocycles. The molecule has 0 aliphatic carbocycles. The molecule has 4 heteroatoms. The maximum atomic E-state index is 11.3. The fourth-order valence-electron chi connectivity index (χ4n) is 1.47. The molecule has 16 heavy (non-hydrogen) atoms. The molecule has 0 spiro atoms. The van der Waals surface area contributed by atoms with Crippen LogP contribution < -0.4 is 14.8 Å². The summed E-state index contributed by atoms with van der Waals surface area (Å²) in [5.74, 6) is 1.31. The number of methoxy groups -OCH3 is 2. The number of hydrogen-bond donors (Lipinski definition) is 1. The van der Waals surface area contributed by atoms with Crippen LogP contribution in [0, 0.1) is 6.92 Å². The summed E-state index contributed by atoms with van der Waals surface area (Å²) in [6.07, 6.45) is 0.350. The van der Waals surface area contributed by atoms with Crippen LogP contribution in [-0.4, -0.2) is 27.2 Å². The van der Waals surface area contributed by atoms with Crippen molar-refractivity contribution in [3.8, 4) is 11.5 Å². The molecule has 0 radical (unpaired) electrons. The van der Waals surface area contributed by atoms with E-state index in [0.717, 1.165) is 11.1 Å². The molecular weight excluding hydrogens is 206 g/mol. The number of aryl methyl sites for hydroxylation is 1. The zero-order chi connectivity index (χ0) is 12.1. The lowest BCUT2D eigenvalue weighted by Gasteiger charge is -2.12. The Morgan fingerprint density at radius 1 is 1.25 bits per heavy atom. The molecule has 0 saturated carbocycles. The van der Waals surface area contributed by atoms with E-state index in [0.29, 0.717) is 17.9 Å². The Balaban J connectivity index is 3.06. The molecule has 0 unspecified atom stereocenters. The Bertz CT molecular complexity index is 388. The standard InChI is InChI=1S/C12H17NO3/c1-8-5-10(15-3)11(16-4)6-9(8)7-12(14)13-2/h5-6H,7H2,1-4H3,(H,13,14). The van der Waals surface area contributed by atoms with Gasteiger partial charge in [0.05, 0.1) is 20.6 Å². The molecule has 0 aliphatic heterocycles. The molecule has 0 heterocycles. The Labute approximate surface area is 95.6 Å². The van der Waals surface area contributed by atoms with Gasteiger partial charge in [-0.25, -0.2) is 0 Å². The predicted octanol–water partition coefficient (Wildman–Crippen LogP) is 1.30. The summed E-state index contributed by atoms with van der Waals surface area (Å²) in [6, 6.07) is 3.71. The van der Waals surface area contributed by atoms with E-state index < -0.39 is 0 Å². The molecule has 0 aliphatic rings. The lowest BCUT2D eigenvalue weighted by molar-refractivity contribution is -0.119. The van der Waals surface area contributed by atoms with E-state index >= 15 is 0 Å². The largest absolute Gasteiger partial charge is 0.493 e. The minimum Gasteiger partial charge on any atom is -0.493 e. The second kappa shape index (κ2) is 5.39. The van der Waals surface area contributed by atoms with Crippen LogP contribution in [0.5, 0.6) is 11.5 Å². The highest BCUT2D eigenvalue weighted by Crippen LogP contribution is 2.30. The summed E-state index contributed by atoms with van der Waals surface area (Å²) in [6.45, 7) is 1.94. The van der Waals surface area contributed by atoms with E-state index in [9.17, 15) is 4.79 Å². The van der Waals surface area contributed by atoms with Crippen molar-refractivity contribution in [1.29, 1.82) is 0 Å². The number of amides is 1. The van der Waals surface area contributed by atoms with Crippen molar-refractivity contribution in [2.75, 3.05) is 21.3 Å². The fourth-order valence-corrected chi connectivity index (χ4v) is 1.47. The number of carbonyl (C=O) groups is 1. The number of benzene rings is 1. The first-order chi connectivity index (χ1) is 7.62. The summed E-state index contributed by atoms with van der Waals surface area (Å²) >= 11 is 0. The SMILES string of the molecule is CNC(=O)Cc1cc(OC)c(OC)cc1C. The first-order valence-corrected chi connectivity index (χ1v) is 5.04. The van der Waals surface area contributed by atoms with E-state index in [1.54, 1.807) is 21.3 Å². The Kier molecular flexibility index (Phi) is 4.17. The molecular formula is C12H17NO3. The molecule has 88 valence electrons. The summed E-state index contributed by atoms with van der Waals surface area (Å²) in [5.41, 5.74) is 1.96. The zero-order valence-electron chi connectivity index (χ0n) is 10.1. The molecule has 1 aromatic rings. The monoisotopic (exact) mass is 223 g/mol. The third kappa shape index (κ3) is 2.66. The van der Waals surface area contributed by atoms with Crippen LogP contribution in [0.15, 0.2) is 12.1 Å². The van der Waals surface area contributed by atoms with Gasteiger partial charge < -0.3 is 14.8 Å². The molecule has 0 fully saturated rings. The van der Waals surface area contributed by atoms with Crippen LogP contribution in [-0.2, 0) is 11.2 Å². The van der Waals surface area contributed by atoms with Crippen LogP contribution >= 0.6 is 0 Å². The highest BCUT2D eigenvalue weighted by atomic mass is 16.5. The highest BCUT2D eigenvalue weighted by Gasteiger charge is 2.10. The van der Waals surface area contributed by atoms with Crippen molar-refractivity contribution < 1.29 is 14.3 Å². The lowest BCUT2D eigenvalue weighted by Crippen LogP contribution is -2.20.